The van der Waals surface area contributed by atoms with E-state index in [0.717, 1.165) is 11.9 Å². The lowest BCUT2D eigenvalue weighted by Crippen LogP contribution is -2.26. The molecule has 1 aliphatic rings. The molecule has 0 unspecified atom stereocenters. The van der Waals surface area contributed by atoms with Crippen molar-refractivity contribution in [3.8, 4) is 5.75 Å². The second kappa shape index (κ2) is 9.67. The number of carboxylic acids is 1. The van der Waals surface area contributed by atoms with Crippen molar-refractivity contribution < 1.29 is 24.2 Å². The number of carbonyl (C=O) groups is 3. The standard InChI is InChI=1S/C17H13N5O5.CH5N.ClH/c23-12-6-27-11-2-1-8(3-10(11)22-12)4-19-16(24)15-14-13(20-7-21-15)9(5-18-14)17(25)26;1-2;/h1-3,5,7,18H,4,6H2,(H,19,24)(H,22,23)(H,25,26);2H2,1H3;1H. The highest BCUT2D eigenvalue weighted by atomic mass is 35.5. The Morgan fingerprint density at radius 3 is 2.80 bits per heavy atom. The van der Waals surface area contributed by atoms with Crippen LogP contribution in [0.25, 0.3) is 11.0 Å². The van der Waals surface area contributed by atoms with Crippen molar-refractivity contribution in [3.05, 3.63) is 47.5 Å². The minimum Gasteiger partial charge on any atom is -0.482 e. The first kappa shape index (κ1) is 22.6. The van der Waals surface area contributed by atoms with E-state index in [1.807, 2.05) is 0 Å². The summed E-state index contributed by atoms with van der Waals surface area (Å²) in [6, 6.07) is 5.19. The maximum atomic E-state index is 12.5. The molecule has 3 heterocycles. The number of aromatic carboxylic acids is 1. The van der Waals surface area contributed by atoms with Crippen molar-refractivity contribution in [1.82, 2.24) is 20.3 Å². The minimum atomic E-state index is -1.15. The van der Waals surface area contributed by atoms with E-state index in [9.17, 15) is 14.4 Å². The van der Waals surface area contributed by atoms with Gasteiger partial charge in [-0.3, -0.25) is 9.59 Å². The highest BCUT2D eigenvalue weighted by Crippen LogP contribution is 2.28. The molecule has 0 aliphatic carbocycles. The topological polar surface area (TPSA) is 172 Å². The van der Waals surface area contributed by atoms with E-state index in [-0.39, 0.29) is 53.8 Å². The van der Waals surface area contributed by atoms with Gasteiger partial charge < -0.3 is 31.2 Å². The number of nitrogens with zero attached hydrogens (tertiary/aromatic N) is 2. The molecular weight excluding hydrogens is 416 g/mol. The van der Waals surface area contributed by atoms with E-state index >= 15 is 0 Å². The van der Waals surface area contributed by atoms with Crippen molar-refractivity contribution in [2.45, 2.75) is 6.54 Å². The summed E-state index contributed by atoms with van der Waals surface area (Å²) in [5, 5.41) is 14.6. The van der Waals surface area contributed by atoms with Gasteiger partial charge in [0.15, 0.2) is 12.3 Å². The number of aromatic nitrogens is 3. The number of nitrogens with one attached hydrogen (secondary N) is 3. The SMILES string of the molecule is CN.Cl.O=C1COc2ccc(CNC(=O)c3ncnc4c(C(=O)O)c[nH]c34)cc2N1. The molecule has 11 nitrogen and oxygen atoms in total. The number of carbonyl (C=O) groups excluding carboxylic acids is 2. The van der Waals surface area contributed by atoms with Crippen LogP contribution in [0.3, 0.4) is 0 Å². The first-order valence-electron chi connectivity index (χ1n) is 8.50. The average Bonchev–Trinajstić information content (AvgIpc) is 3.17. The van der Waals surface area contributed by atoms with Crippen LogP contribution >= 0.6 is 12.4 Å². The zero-order chi connectivity index (χ0) is 21.0. The van der Waals surface area contributed by atoms with E-state index in [1.165, 1.54) is 13.2 Å². The van der Waals surface area contributed by atoms with Gasteiger partial charge in [-0.2, -0.15) is 0 Å². The Bertz CT molecular complexity index is 1100. The number of nitrogens with two attached hydrogens (primary N) is 1. The summed E-state index contributed by atoms with van der Waals surface area (Å²) in [5.41, 5.74) is 6.21. The number of ether oxygens (including phenoxy) is 1. The summed E-state index contributed by atoms with van der Waals surface area (Å²) < 4.78 is 5.29. The summed E-state index contributed by atoms with van der Waals surface area (Å²) in [4.78, 5) is 45.7. The molecule has 30 heavy (non-hydrogen) atoms. The highest BCUT2D eigenvalue weighted by molar-refractivity contribution is 6.08. The molecule has 0 bridgehead atoms. The number of anilines is 1. The van der Waals surface area contributed by atoms with Gasteiger partial charge in [0.1, 0.15) is 23.2 Å². The quantitative estimate of drug-likeness (QED) is 0.403. The molecule has 158 valence electrons. The lowest BCUT2D eigenvalue weighted by atomic mass is 10.1. The molecule has 0 saturated heterocycles. The molecule has 0 atom stereocenters. The Morgan fingerprint density at radius 1 is 1.30 bits per heavy atom. The Balaban J connectivity index is 0.00000104. The van der Waals surface area contributed by atoms with Crippen molar-refractivity contribution in [2.75, 3.05) is 19.0 Å². The van der Waals surface area contributed by atoms with Crippen LogP contribution < -0.4 is 21.1 Å². The molecule has 0 fully saturated rings. The maximum Gasteiger partial charge on any atom is 0.339 e. The number of halogens is 1. The molecule has 3 aromatic rings. The fraction of sp³-hybridized carbons (Fsp3) is 0.167. The van der Waals surface area contributed by atoms with Gasteiger partial charge in [0.05, 0.1) is 11.2 Å². The fourth-order valence-corrected chi connectivity index (χ4v) is 2.78. The van der Waals surface area contributed by atoms with Gasteiger partial charge in [-0.05, 0) is 24.7 Å². The number of aromatic amines is 1. The zero-order valence-electron chi connectivity index (χ0n) is 15.8. The van der Waals surface area contributed by atoms with Gasteiger partial charge in [0.25, 0.3) is 11.8 Å². The van der Waals surface area contributed by atoms with Crippen LogP contribution in [0.5, 0.6) is 5.75 Å². The fourth-order valence-electron chi connectivity index (χ4n) is 2.78. The first-order chi connectivity index (χ1) is 14.0. The zero-order valence-corrected chi connectivity index (χ0v) is 16.6. The van der Waals surface area contributed by atoms with E-state index in [1.54, 1.807) is 18.2 Å². The number of carboxylic acid groups (broad SMARTS) is 1. The van der Waals surface area contributed by atoms with Crippen molar-refractivity contribution in [2.24, 2.45) is 5.73 Å². The normalized spacial score (nSPS) is 11.7. The largest absolute Gasteiger partial charge is 0.482 e. The van der Waals surface area contributed by atoms with Crippen LogP contribution in [0, 0.1) is 0 Å². The summed E-state index contributed by atoms with van der Waals surface area (Å²) >= 11 is 0. The summed E-state index contributed by atoms with van der Waals surface area (Å²) in [7, 11) is 1.50. The van der Waals surface area contributed by atoms with Gasteiger partial charge in [-0.1, -0.05) is 6.07 Å². The van der Waals surface area contributed by atoms with Gasteiger partial charge >= 0.3 is 5.97 Å². The molecule has 6 N–H and O–H groups in total. The predicted octanol–water partition coefficient (Wildman–Crippen LogP) is 0.914. The maximum absolute atomic E-state index is 12.5. The van der Waals surface area contributed by atoms with Crippen LogP contribution in [-0.2, 0) is 11.3 Å². The molecule has 1 aliphatic heterocycles. The molecule has 12 heteroatoms. The second-order valence-electron chi connectivity index (χ2n) is 5.80. The van der Waals surface area contributed by atoms with E-state index in [4.69, 9.17) is 9.84 Å². The van der Waals surface area contributed by atoms with Crippen molar-refractivity contribution >= 4 is 46.9 Å². The van der Waals surface area contributed by atoms with Crippen LogP contribution in [0.4, 0.5) is 5.69 Å². The van der Waals surface area contributed by atoms with E-state index < -0.39 is 11.9 Å². The van der Waals surface area contributed by atoms with Crippen molar-refractivity contribution in [1.29, 1.82) is 0 Å². The van der Waals surface area contributed by atoms with Gasteiger partial charge in [-0.25, -0.2) is 14.8 Å². The molecular formula is C18H19ClN6O5. The molecule has 0 spiro atoms. The number of amides is 2. The van der Waals surface area contributed by atoms with E-state index in [2.05, 4.69) is 31.3 Å². The number of benzene rings is 1. The summed E-state index contributed by atoms with van der Waals surface area (Å²) in [6.07, 6.45) is 2.41. The second-order valence-corrected chi connectivity index (χ2v) is 5.80. The smallest absolute Gasteiger partial charge is 0.339 e. The lowest BCUT2D eigenvalue weighted by molar-refractivity contribution is -0.118. The van der Waals surface area contributed by atoms with Crippen LogP contribution in [0.2, 0.25) is 0 Å². The van der Waals surface area contributed by atoms with Gasteiger partial charge in [0, 0.05) is 12.7 Å². The van der Waals surface area contributed by atoms with Crippen LogP contribution in [0.15, 0.2) is 30.7 Å². The Kier molecular flexibility index (Phi) is 7.28. The molecule has 0 saturated carbocycles. The lowest BCUT2D eigenvalue weighted by Gasteiger charge is -2.18. The number of H-pyrrole nitrogens is 1. The number of fused-ring (bicyclic) bond motifs is 2. The van der Waals surface area contributed by atoms with Crippen LogP contribution in [0.1, 0.15) is 26.4 Å². The van der Waals surface area contributed by atoms with Gasteiger partial charge in [0.2, 0.25) is 0 Å². The predicted molar refractivity (Wildman–Crippen MR) is 110 cm³/mol. The average molecular weight is 435 g/mol. The monoisotopic (exact) mass is 434 g/mol. The highest BCUT2D eigenvalue weighted by Gasteiger charge is 2.19. The Morgan fingerprint density at radius 2 is 2.07 bits per heavy atom. The summed E-state index contributed by atoms with van der Waals surface area (Å²) in [6.45, 7) is 0.154. The molecule has 4 rings (SSSR count). The minimum absolute atomic E-state index is 0. The molecule has 1 aromatic carbocycles. The number of hydrogen-bond acceptors (Lipinski definition) is 7. The van der Waals surface area contributed by atoms with Gasteiger partial charge in [-0.15, -0.1) is 12.4 Å². The Hall–Kier alpha value is -3.70. The third-order valence-electron chi connectivity index (χ3n) is 4.04. The molecule has 2 amide bonds. The number of hydrogen-bond donors (Lipinski definition) is 5. The number of rotatable bonds is 4. The Labute approximate surface area is 176 Å². The third kappa shape index (κ3) is 4.47. The van der Waals surface area contributed by atoms with Crippen LogP contribution in [-0.4, -0.2) is 51.5 Å². The first-order valence-corrected chi connectivity index (χ1v) is 8.50. The summed E-state index contributed by atoms with van der Waals surface area (Å²) in [5.74, 6) is -1.31. The molecule has 0 radical (unpaired) electrons. The van der Waals surface area contributed by atoms with E-state index in [0.29, 0.717) is 11.4 Å². The third-order valence-corrected chi connectivity index (χ3v) is 4.04. The molecule has 2 aromatic heterocycles. The van der Waals surface area contributed by atoms with Crippen molar-refractivity contribution in [3.63, 3.8) is 0 Å².